The van der Waals surface area contributed by atoms with Gasteiger partial charge in [0.15, 0.2) is 24.4 Å². The molecule has 0 radical (unpaired) electrons. The minimum absolute atomic E-state index is 0.654. The number of primary amides is 1. The second kappa shape index (κ2) is 18.5. The maximum Gasteiger partial charge on any atom is 0.338 e. The molecule has 2 aliphatic rings. The molecule has 23 nitrogen and oxygen atoms in total. The van der Waals surface area contributed by atoms with Crippen LogP contribution in [0.25, 0.3) is 0 Å². The Labute approximate surface area is 312 Å². The van der Waals surface area contributed by atoms with Crippen molar-refractivity contribution in [3.8, 4) is 5.88 Å². The predicted octanol–water partition coefficient (Wildman–Crippen LogP) is -1.91. The van der Waals surface area contributed by atoms with Crippen molar-refractivity contribution in [2.45, 2.75) is 117 Å². The maximum atomic E-state index is 13.1. The van der Waals surface area contributed by atoms with Gasteiger partial charge in [-0.2, -0.15) is 9.13 Å². The van der Waals surface area contributed by atoms with Crippen molar-refractivity contribution in [3.05, 3.63) is 12.0 Å². The number of rotatable bonds is 13. The topological polar surface area (TPSA) is 301 Å². The number of esters is 8. The molecule has 1 aromatic rings. The van der Waals surface area contributed by atoms with Gasteiger partial charge in [0.2, 0.25) is 24.7 Å². The molecule has 1 aromatic heterocycles. The Balaban J connectivity index is 2.36. The summed E-state index contributed by atoms with van der Waals surface area (Å²) in [5.41, 5.74) is 4.90. The Hall–Kier alpha value is -5.84. The molecule has 2 saturated heterocycles. The highest BCUT2D eigenvalue weighted by molar-refractivity contribution is 5.93. The molecule has 55 heavy (non-hydrogen) atoms. The van der Waals surface area contributed by atoms with Gasteiger partial charge in [0, 0.05) is 55.4 Å². The van der Waals surface area contributed by atoms with Crippen LogP contribution in [0.2, 0.25) is 0 Å². The van der Waals surface area contributed by atoms with E-state index in [2.05, 4.69) is 0 Å². The summed E-state index contributed by atoms with van der Waals surface area (Å²) in [7, 11) is 0. The summed E-state index contributed by atoms with van der Waals surface area (Å²) in [5.74, 6) is -9.80. The van der Waals surface area contributed by atoms with Crippen LogP contribution in [0.4, 0.5) is 0 Å². The zero-order valence-corrected chi connectivity index (χ0v) is 30.9. The second-order valence-electron chi connectivity index (χ2n) is 12.1. The quantitative estimate of drug-likeness (QED) is 0.125. The summed E-state index contributed by atoms with van der Waals surface area (Å²) in [6.07, 6.45) is -16.1. The Bertz CT molecular complexity index is 1690. The number of ether oxygens (including phenoxy) is 10. The zero-order chi connectivity index (χ0) is 41.5. The molecule has 10 atom stereocenters. The molecule has 23 heteroatoms. The van der Waals surface area contributed by atoms with Gasteiger partial charge in [-0.05, 0) is 0 Å². The van der Waals surface area contributed by atoms with Crippen molar-refractivity contribution >= 4 is 53.7 Å². The summed E-state index contributed by atoms with van der Waals surface area (Å²) in [4.78, 5) is 111. The molecule has 2 aliphatic heterocycles. The Morgan fingerprint density at radius 1 is 0.582 bits per heavy atom. The number of carbonyl (C=O) groups is 9. The van der Waals surface area contributed by atoms with E-state index in [4.69, 9.17) is 53.1 Å². The third-order valence-corrected chi connectivity index (χ3v) is 7.68. The summed E-state index contributed by atoms with van der Waals surface area (Å²) < 4.78 is 56.5. The van der Waals surface area contributed by atoms with Crippen LogP contribution in [0, 0.1) is 0 Å². The second-order valence-corrected chi connectivity index (χ2v) is 12.1. The van der Waals surface area contributed by atoms with Gasteiger partial charge in [0.25, 0.3) is 17.9 Å². The fourth-order valence-corrected chi connectivity index (χ4v) is 5.96. The van der Waals surface area contributed by atoms with E-state index >= 15 is 0 Å². The van der Waals surface area contributed by atoms with Crippen molar-refractivity contribution < 1.29 is 100 Å². The first-order valence-corrected chi connectivity index (χ1v) is 16.4. The molecule has 0 bridgehead atoms. The molecule has 0 spiro atoms. The number of hydrogen-bond donors (Lipinski definition) is 2. The van der Waals surface area contributed by atoms with Crippen LogP contribution in [0.3, 0.4) is 0 Å². The number of carbonyl (C=O) groups excluding carboxylic acids is 9. The molecule has 3 heterocycles. The number of nitrogens with two attached hydrogens (primary N) is 1. The Morgan fingerprint density at radius 2 is 0.945 bits per heavy atom. The largest absolute Gasteiger partial charge is 0.474 e. The monoisotopic (exact) mass is 788 g/mol. The SMILES string of the molecule is CC(=O)OC[C@@H]1O[C@H](n2c[n+]([C@@H]3O[C@H](COC(C)=O)[C@@H](OC(C)=O)[C@H](OC(C)=O)[C@H]3OC(C)=O)c(O)c2C(N)=O)[C@@H](OC(C)=O)[C@H](OC(C)=O)[C@H]1OC(C)=O. The van der Waals surface area contributed by atoms with Gasteiger partial charge in [-0.3, -0.25) is 43.2 Å². The summed E-state index contributed by atoms with van der Waals surface area (Å²) in [6.45, 7) is 6.71. The summed E-state index contributed by atoms with van der Waals surface area (Å²) in [5, 5.41) is 11.6. The first kappa shape index (κ1) is 43.6. The lowest BCUT2D eigenvalue weighted by Gasteiger charge is -2.43. The normalized spacial score (nSPS) is 27.3. The van der Waals surface area contributed by atoms with Crippen LogP contribution in [0.15, 0.2) is 6.33 Å². The van der Waals surface area contributed by atoms with Gasteiger partial charge in [0.05, 0.1) is 0 Å². The van der Waals surface area contributed by atoms with Crippen molar-refractivity contribution in [1.82, 2.24) is 4.57 Å². The van der Waals surface area contributed by atoms with Crippen LogP contribution < -0.4 is 10.3 Å². The fraction of sp³-hybridized carbons (Fsp3) is 0.625. The highest BCUT2D eigenvalue weighted by atomic mass is 16.7. The van der Waals surface area contributed by atoms with Crippen LogP contribution in [0.5, 0.6) is 5.88 Å². The number of nitrogens with zero attached hydrogens (tertiary/aromatic N) is 2. The smallest absolute Gasteiger partial charge is 0.338 e. The van der Waals surface area contributed by atoms with E-state index in [0.29, 0.717) is 0 Å². The van der Waals surface area contributed by atoms with Crippen molar-refractivity contribution in [2.24, 2.45) is 5.73 Å². The van der Waals surface area contributed by atoms with E-state index in [1.165, 1.54) is 0 Å². The molecule has 3 rings (SSSR count). The van der Waals surface area contributed by atoms with Crippen molar-refractivity contribution in [3.63, 3.8) is 0 Å². The first-order chi connectivity index (χ1) is 25.6. The molecular formula is C32H42N3O20+. The zero-order valence-electron chi connectivity index (χ0n) is 30.9. The Morgan fingerprint density at radius 3 is 1.35 bits per heavy atom. The average Bonchev–Trinajstić information content (AvgIpc) is 3.38. The number of aromatic nitrogens is 2. The number of hydrogen-bond acceptors (Lipinski definition) is 20. The first-order valence-electron chi connectivity index (χ1n) is 16.4. The lowest BCUT2D eigenvalue weighted by molar-refractivity contribution is -0.780. The third kappa shape index (κ3) is 11.1. The lowest BCUT2D eigenvalue weighted by atomic mass is 9.97. The molecule has 3 N–H and O–H groups in total. The summed E-state index contributed by atoms with van der Waals surface area (Å²) in [6, 6.07) is 0. The average molecular weight is 789 g/mol. The molecule has 304 valence electrons. The van der Waals surface area contributed by atoms with E-state index in [1.807, 2.05) is 0 Å². The highest BCUT2D eigenvalue weighted by Crippen LogP contribution is 2.38. The molecule has 0 aliphatic carbocycles. The molecule has 0 unspecified atom stereocenters. The minimum Gasteiger partial charge on any atom is -0.474 e. The summed E-state index contributed by atoms with van der Waals surface area (Å²) >= 11 is 0. The fourth-order valence-electron chi connectivity index (χ4n) is 5.96. The van der Waals surface area contributed by atoms with Crippen LogP contribution in [-0.2, 0) is 85.7 Å². The van der Waals surface area contributed by atoms with E-state index in [9.17, 15) is 48.3 Å². The van der Waals surface area contributed by atoms with Gasteiger partial charge in [-0.15, -0.1) is 0 Å². The molecule has 2 fully saturated rings. The van der Waals surface area contributed by atoms with Gasteiger partial charge < -0.3 is 58.2 Å². The Kier molecular flexibility index (Phi) is 14.6. The van der Waals surface area contributed by atoms with E-state index < -0.39 is 140 Å². The third-order valence-electron chi connectivity index (χ3n) is 7.68. The van der Waals surface area contributed by atoms with Crippen LogP contribution in [-0.4, -0.2) is 125 Å². The van der Waals surface area contributed by atoms with Gasteiger partial charge in [-0.1, -0.05) is 0 Å². The predicted molar refractivity (Wildman–Crippen MR) is 169 cm³/mol. The number of aromatic hydroxyl groups is 1. The molecule has 0 aromatic carbocycles. The molecule has 0 saturated carbocycles. The van der Waals surface area contributed by atoms with Crippen molar-refractivity contribution in [1.29, 1.82) is 0 Å². The van der Waals surface area contributed by atoms with Gasteiger partial charge in [-0.25, -0.2) is 0 Å². The van der Waals surface area contributed by atoms with Crippen LogP contribution in [0.1, 0.15) is 78.3 Å². The standard InChI is InChI=1S/C32H41N3O20/c1-12(36)46-9-20-23(48-14(3)38)25(50-16(5)40)27(52-18(7)42)31(54-20)34-11-35(30(45)22(34)29(33)44)32-28(53-19(8)43)26(51-17(6)41)24(49-15(4)39)21(55-32)10-47-13(2)37/h11,20-21,23-28,31-32H,9-10H2,1-8H3,(H2-,33,44,45)/p+1/t20-,21+,23-,24+,25+,26-,27-,28+,31-,32+/m0/s1. The van der Waals surface area contributed by atoms with E-state index in [-0.39, 0.29) is 0 Å². The lowest BCUT2D eigenvalue weighted by Crippen LogP contribution is -2.65. The highest BCUT2D eigenvalue weighted by Gasteiger charge is 2.59. The van der Waals surface area contributed by atoms with Crippen LogP contribution >= 0.6 is 0 Å². The maximum absolute atomic E-state index is 13.1. The van der Waals surface area contributed by atoms with E-state index in [0.717, 1.165) is 70.9 Å². The van der Waals surface area contributed by atoms with Gasteiger partial charge >= 0.3 is 53.6 Å². The number of amides is 1. The minimum atomic E-state index is -1.85. The van der Waals surface area contributed by atoms with Gasteiger partial charge in [0.1, 0.15) is 25.4 Å². The van der Waals surface area contributed by atoms with Crippen molar-refractivity contribution in [2.75, 3.05) is 13.2 Å². The number of imidazole rings is 1. The van der Waals surface area contributed by atoms with E-state index in [1.54, 1.807) is 0 Å². The molecular weight excluding hydrogens is 746 g/mol. The molecule has 1 amide bonds.